The topological polar surface area (TPSA) is 62.7 Å². The third-order valence-electron chi connectivity index (χ3n) is 2.99. The molecule has 100 valence electrons. The summed E-state index contributed by atoms with van der Waals surface area (Å²) in [5.74, 6) is 0.709. The van der Waals surface area contributed by atoms with Crippen molar-refractivity contribution in [2.24, 2.45) is 0 Å². The molecule has 0 saturated carbocycles. The molecule has 1 amide bonds. The van der Waals surface area contributed by atoms with Crippen LogP contribution in [0.1, 0.15) is 0 Å². The lowest BCUT2D eigenvalue weighted by molar-refractivity contribution is 0.205. The van der Waals surface area contributed by atoms with Gasteiger partial charge in [0.2, 0.25) is 0 Å². The minimum Gasteiger partial charge on any atom is -0.486 e. The maximum Gasteiger partial charge on any atom is 0.417 e. The number of benzene rings is 1. The summed E-state index contributed by atoms with van der Waals surface area (Å²) in [7, 11) is 0. The van der Waals surface area contributed by atoms with Gasteiger partial charge >= 0.3 is 6.09 Å². The van der Waals surface area contributed by atoms with Gasteiger partial charge in [0.1, 0.15) is 6.61 Å². The van der Waals surface area contributed by atoms with Crippen LogP contribution in [-0.4, -0.2) is 22.8 Å². The Labute approximate surface area is 115 Å². The summed E-state index contributed by atoms with van der Waals surface area (Å²) >= 11 is 0. The Hall–Kier alpha value is -2.82. The number of hydrogen-bond acceptors (Lipinski definition) is 3. The van der Waals surface area contributed by atoms with Gasteiger partial charge in [-0.2, -0.15) is 0 Å². The Balaban J connectivity index is 2.27. The summed E-state index contributed by atoms with van der Waals surface area (Å²) in [4.78, 5) is 16.7. The van der Waals surface area contributed by atoms with Crippen molar-refractivity contribution in [1.82, 2.24) is 4.98 Å². The molecule has 0 unspecified atom stereocenters. The van der Waals surface area contributed by atoms with Gasteiger partial charge in [-0.05, 0) is 28.6 Å². The van der Waals surface area contributed by atoms with Gasteiger partial charge in [-0.3, -0.25) is 0 Å². The van der Waals surface area contributed by atoms with E-state index >= 15 is 0 Å². The highest BCUT2D eigenvalue weighted by molar-refractivity contribution is 5.93. The van der Waals surface area contributed by atoms with E-state index in [1.807, 2.05) is 30.3 Å². The quantitative estimate of drug-likeness (QED) is 0.779. The van der Waals surface area contributed by atoms with E-state index in [-0.39, 0.29) is 5.82 Å². The third-order valence-corrected chi connectivity index (χ3v) is 2.99. The molecule has 20 heavy (non-hydrogen) atoms. The Kier molecular flexibility index (Phi) is 3.09. The van der Waals surface area contributed by atoms with E-state index in [2.05, 4.69) is 4.98 Å². The molecular weight excluding hydrogens is 256 g/mol. The predicted octanol–water partition coefficient (Wildman–Crippen LogP) is 1.18. The highest BCUT2D eigenvalue weighted by Gasteiger charge is 2.18. The molecule has 2 heterocycles. The van der Waals surface area contributed by atoms with Gasteiger partial charge < -0.3 is 9.84 Å². The van der Waals surface area contributed by atoms with Gasteiger partial charge in [0.05, 0.1) is 0 Å². The van der Waals surface area contributed by atoms with Crippen molar-refractivity contribution in [2.45, 2.75) is 0 Å². The van der Waals surface area contributed by atoms with E-state index in [9.17, 15) is 9.90 Å². The molecule has 0 aliphatic carbocycles. The highest BCUT2D eigenvalue weighted by atomic mass is 16.5. The predicted molar refractivity (Wildman–Crippen MR) is 74.9 cm³/mol. The number of pyridine rings is 1. The number of rotatable bonds is 0. The highest BCUT2D eigenvalue weighted by Crippen LogP contribution is 2.25. The van der Waals surface area contributed by atoms with Crippen LogP contribution in [0.15, 0.2) is 42.6 Å². The maximum atomic E-state index is 11.5. The zero-order chi connectivity index (χ0) is 13.9. The number of carbonyl (C=O) groups is 1. The molecule has 0 fully saturated rings. The van der Waals surface area contributed by atoms with Crippen LogP contribution in [0.5, 0.6) is 5.75 Å². The lowest BCUT2D eigenvalue weighted by Gasteiger charge is -2.16. The second kappa shape index (κ2) is 5.05. The third kappa shape index (κ3) is 2.21. The van der Waals surface area contributed by atoms with E-state index < -0.39 is 6.09 Å². The fraction of sp³-hybridized carbons (Fsp3) is 0.0667. The number of amides is 1. The van der Waals surface area contributed by atoms with Crippen LogP contribution in [0.3, 0.4) is 0 Å². The van der Waals surface area contributed by atoms with Crippen LogP contribution >= 0.6 is 0 Å². The molecule has 1 N–H and O–H groups in total. The first kappa shape index (κ1) is 12.2. The molecule has 1 aromatic carbocycles. The zero-order valence-electron chi connectivity index (χ0n) is 10.6. The van der Waals surface area contributed by atoms with E-state index in [4.69, 9.17) is 4.74 Å². The minimum atomic E-state index is -1.11. The molecular formula is C15H12N2O3. The first-order valence-corrected chi connectivity index (χ1v) is 6.13. The van der Waals surface area contributed by atoms with Crippen LogP contribution < -0.4 is 20.1 Å². The smallest absolute Gasteiger partial charge is 0.417 e. The van der Waals surface area contributed by atoms with Gasteiger partial charge in [-0.25, -0.2) is 14.7 Å². The van der Waals surface area contributed by atoms with Crippen LogP contribution in [0, 0.1) is 0 Å². The summed E-state index contributed by atoms with van der Waals surface area (Å²) in [5.41, 5.74) is 0. The van der Waals surface area contributed by atoms with Crippen molar-refractivity contribution in [3.05, 3.63) is 53.0 Å². The van der Waals surface area contributed by atoms with Crippen molar-refractivity contribution in [1.29, 1.82) is 0 Å². The molecule has 0 radical (unpaired) electrons. The molecule has 0 atom stereocenters. The van der Waals surface area contributed by atoms with E-state index in [1.165, 1.54) is 0 Å². The lowest BCUT2D eigenvalue weighted by atomic mass is 10.2. The van der Waals surface area contributed by atoms with Crippen LogP contribution in [0.25, 0.3) is 12.3 Å². The molecule has 0 bridgehead atoms. The van der Waals surface area contributed by atoms with Crippen LogP contribution in [0.4, 0.5) is 10.6 Å². The molecule has 1 aliphatic rings. The molecule has 3 rings (SSSR count). The SMILES string of the molecule is O=C(O)N1C=c2ccccc2=CCOc2cccnc21. The largest absolute Gasteiger partial charge is 0.486 e. The summed E-state index contributed by atoms with van der Waals surface area (Å²) in [6, 6.07) is 11.0. The average molecular weight is 268 g/mol. The molecule has 0 saturated heterocycles. The number of hydrogen-bond donors (Lipinski definition) is 1. The lowest BCUT2D eigenvalue weighted by Crippen LogP contribution is -2.31. The van der Waals surface area contributed by atoms with Gasteiger partial charge in [-0.15, -0.1) is 0 Å². The monoisotopic (exact) mass is 268 g/mol. The summed E-state index contributed by atoms with van der Waals surface area (Å²) in [6.45, 7) is 0.358. The maximum absolute atomic E-state index is 11.5. The number of anilines is 1. The molecule has 2 aromatic rings. The Bertz CT molecular complexity index is 771. The fourth-order valence-corrected chi connectivity index (χ4v) is 2.06. The number of carboxylic acid groups (broad SMARTS) is 1. The number of nitrogens with zero attached hydrogens (tertiary/aromatic N) is 2. The van der Waals surface area contributed by atoms with E-state index in [1.54, 1.807) is 24.5 Å². The second-order valence-electron chi connectivity index (χ2n) is 4.25. The zero-order valence-corrected chi connectivity index (χ0v) is 10.6. The van der Waals surface area contributed by atoms with E-state index in [0.29, 0.717) is 12.4 Å². The Morgan fingerprint density at radius 1 is 1.20 bits per heavy atom. The number of ether oxygens (including phenoxy) is 1. The van der Waals surface area contributed by atoms with Crippen molar-refractivity contribution in [3.63, 3.8) is 0 Å². The molecule has 0 spiro atoms. The fourth-order valence-electron chi connectivity index (χ4n) is 2.06. The Morgan fingerprint density at radius 2 is 2.00 bits per heavy atom. The second-order valence-corrected chi connectivity index (χ2v) is 4.25. The summed E-state index contributed by atoms with van der Waals surface area (Å²) < 4.78 is 5.60. The normalized spacial score (nSPS) is 13.3. The first-order chi connectivity index (χ1) is 9.75. The van der Waals surface area contributed by atoms with Gasteiger partial charge in [0.15, 0.2) is 11.6 Å². The van der Waals surface area contributed by atoms with Crippen molar-refractivity contribution >= 4 is 24.2 Å². The van der Waals surface area contributed by atoms with Crippen LogP contribution in [-0.2, 0) is 0 Å². The number of aromatic nitrogens is 1. The van der Waals surface area contributed by atoms with Gasteiger partial charge in [0, 0.05) is 12.4 Å². The molecule has 1 aliphatic heterocycles. The van der Waals surface area contributed by atoms with Crippen molar-refractivity contribution < 1.29 is 14.6 Å². The van der Waals surface area contributed by atoms with Crippen LogP contribution in [0.2, 0.25) is 0 Å². The van der Waals surface area contributed by atoms with E-state index in [0.717, 1.165) is 15.3 Å². The van der Waals surface area contributed by atoms with Crippen molar-refractivity contribution in [2.75, 3.05) is 11.5 Å². The van der Waals surface area contributed by atoms with Gasteiger partial charge in [-0.1, -0.05) is 24.3 Å². The first-order valence-electron chi connectivity index (χ1n) is 6.13. The average Bonchev–Trinajstić information content (AvgIpc) is 2.54. The van der Waals surface area contributed by atoms with Gasteiger partial charge in [0.25, 0.3) is 0 Å². The molecule has 5 nitrogen and oxygen atoms in total. The molecule has 1 aromatic heterocycles. The minimum absolute atomic E-state index is 0.269. The van der Waals surface area contributed by atoms with Crippen molar-refractivity contribution in [3.8, 4) is 5.75 Å². The summed E-state index contributed by atoms with van der Waals surface area (Å²) in [6.07, 6.45) is 3.90. The Morgan fingerprint density at radius 3 is 2.80 bits per heavy atom. The molecule has 5 heteroatoms. The number of fused-ring (bicyclic) bond motifs is 2. The standard InChI is InChI=1S/C15H12N2O3/c18-15(19)17-10-12-5-2-1-4-11(12)7-9-20-13-6-3-8-16-14(13)17/h1-8,10H,9H2,(H,18,19). The summed E-state index contributed by atoms with van der Waals surface area (Å²) in [5, 5.41) is 11.1.